The average molecular weight is 505 g/mol. The molecule has 0 aliphatic heterocycles. The molecule has 1 amide bonds. The first kappa shape index (κ1) is 22.4. The zero-order chi connectivity index (χ0) is 23.9. The van der Waals surface area contributed by atoms with Crippen molar-refractivity contribution in [3.05, 3.63) is 76.7 Å². The number of fused-ring (bicyclic) bond motifs is 1. The fourth-order valence-electron chi connectivity index (χ4n) is 4.47. The minimum Gasteiger partial charge on any atom is -0.364 e. The van der Waals surface area contributed by atoms with Gasteiger partial charge in [-0.2, -0.15) is 0 Å². The average Bonchev–Trinajstić information content (AvgIpc) is 3.78. The van der Waals surface area contributed by atoms with Crippen molar-refractivity contribution in [3.63, 3.8) is 0 Å². The maximum atomic E-state index is 12.9. The normalized spacial score (nSPS) is 19.0. The highest BCUT2D eigenvalue weighted by atomic mass is 35.5. The van der Waals surface area contributed by atoms with Crippen LogP contribution in [0.3, 0.4) is 0 Å². The summed E-state index contributed by atoms with van der Waals surface area (Å²) in [5.74, 6) is 1.95. The molecule has 0 radical (unpaired) electrons. The molecule has 0 spiro atoms. The van der Waals surface area contributed by atoms with Gasteiger partial charge in [0.25, 0.3) is 0 Å². The fraction of sp³-hybridized carbons (Fsp3) is 0.308. The predicted octanol–water partition coefficient (Wildman–Crippen LogP) is 5.73. The molecule has 0 bridgehead atoms. The Kier molecular flexibility index (Phi) is 5.86. The van der Waals surface area contributed by atoms with Crippen LogP contribution >= 0.6 is 23.4 Å². The lowest BCUT2D eigenvalue weighted by atomic mass is 10.1. The number of carbonyl (C=O) groups excluding carboxylic acids is 1. The van der Waals surface area contributed by atoms with Crippen LogP contribution in [-0.4, -0.2) is 31.5 Å². The van der Waals surface area contributed by atoms with E-state index < -0.39 is 0 Å². The lowest BCUT2D eigenvalue weighted by molar-refractivity contribution is -0.117. The van der Waals surface area contributed by atoms with Gasteiger partial charge in [-0.05, 0) is 66.7 Å². The number of pyridine rings is 1. The summed E-state index contributed by atoms with van der Waals surface area (Å²) < 4.78 is 2.09. The predicted molar refractivity (Wildman–Crippen MR) is 139 cm³/mol. The summed E-state index contributed by atoms with van der Waals surface area (Å²) in [6.07, 6.45) is 9.52. The molecule has 2 fully saturated rings. The van der Waals surface area contributed by atoms with Crippen LogP contribution in [0.1, 0.15) is 47.9 Å². The van der Waals surface area contributed by atoms with Gasteiger partial charge in [-0.1, -0.05) is 41.6 Å². The molecule has 35 heavy (non-hydrogen) atoms. The van der Waals surface area contributed by atoms with Crippen LogP contribution in [0, 0.1) is 5.92 Å². The molecule has 3 heterocycles. The number of hydrogen-bond donors (Lipinski definition) is 2. The Morgan fingerprint density at radius 2 is 1.94 bits per heavy atom. The van der Waals surface area contributed by atoms with Crippen molar-refractivity contribution in [2.75, 3.05) is 16.9 Å². The van der Waals surface area contributed by atoms with Crippen LogP contribution in [0.2, 0.25) is 5.02 Å². The molecule has 3 aromatic heterocycles. The lowest BCUT2D eigenvalue weighted by Gasteiger charge is -2.09. The Bertz CT molecular complexity index is 1420. The summed E-state index contributed by atoms with van der Waals surface area (Å²) in [4.78, 5) is 26.6. The van der Waals surface area contributed by atoms with Gasteiger partial charge in [0.1, 0.15) is 17.3 Å². The van der Waals surface area contributed by atoms with Crippen molar-refractivity contribution in [1.29, 1.82) is 0 Å². The quantitative estimate of drug-likeness (QED) is 0.235. The summed E-state index contributed by atoms with van der Waals surface area (Å²) in [5.41, 5.74) is 4.34. The number of nitrogens with one attached hydrogen (secondary N) is 2. The Labute approximate surface area is 212 Å². The van der Waals surface area contributed by atoms with Gasteiger partial charge in [0.2, 0.25) is 5.91 Å². The summed E-state index contributed by atoms with van der Waals surface area (Å²) in [5, 5.41) is 7.61. The molecule has 7 nitrogen and oxygen atoms in total. The van der Waals surface area contributed by atoms with E-state index in [2.05, 4.69) is 49.5 Å². The number of rotatable bonds is 8. The van der Waals surface area contributed by atoms with Gasteiger partial charge in [-0.15, -0.1) is 0 Å². The zero-order valence-corrected chi connectivity index (χ0v) is 20.8. The third kappa shape index (κ3) is 4.99. The topological polar surface area (TPSA) is 84.2 Å². The number of benzene rings is 1. The first-order valence-corrected chi connectivity index (χ1v) is 13.4. The molecule has 2 aliphatic carbocycles. The first-order chi connectivity index (χ1) is 17.1. The van der Waals surface area contributed by atoms with Gasteiger partial charge < -0.3 is 15.0 Å². The number of nitrogens with zero attached hydrogens (tertiary/aromatic N) is 4. The molecule has 0 saturated heterocycles. The van der Waals surface area contributed by atoms with Gasteiger partial charge in [0, 0.05) is 29.4 Å². The second kappa shape index (κ2) is 9.17. The second-order valence-electron chi connectivity index (χ2n) is 9.21. The molecule has 178 valence electrons. The van der Waals surface area contributed by atoms with Crippen molar-refractivity contribution >= 4 is 46.6 Å². The van der Waals surface area contributed by atoms with Crippen molar-refractivity contribution in [2.45, 2.75) is 42.8 Å². The summed E-state index contributed by atoms with van der Waals surface area (Å²) >= 11 is 7.55. The summed E-state index contributed by atoms with van der Waals surface area (Å²) in [6.45, 7) is 0.526. The minimum atomic E-state index is -0.0731. The van der Waals surface area contributed by atoms with Gasteiger partial charge in [-0.25, -0.2) is 15.0 Å². The van der Waals surface area contributed by atoms with Gasteiger partial charge in [-0.3, -0.25) is 4.79 Å². The second-order valence-corrected chi connectivity index (χ2v) is 10.4. The van der Waals surface area contributed by atoms with E-state index >= 15 is 0 Å². The first-order valence-electron chi connectivity index (χ1n) is 11.8. The van der Waals surface area contributed by atoms with Crippen LogP contribution in [0.5, 0.6) is 0 Å². The number of anilines is 2. The molecule has 2 N–H and O–H groups in total. The molecular weight excluding hydrogens is 480 g/mol. The molecule has 1 aromatic carbocycles. The van der Waals surface area contributed by atoms with Gasteiger partial charge in [0.05, 0.1) is 12.2 Å². The number of thioether (sulfide) groups is 1. The molecule has 2 aliphatic rings. The van der Waals surface area contributed by atoms with Crippen molar-refractivity contribution in [2.24, 2.45) is 5.92 Å². The third-order valence-corrected chi connectivity index (χ3v) is 7.35. The lowest BCUT2D eigenvalue weighted by Crippen LogP contribution is -2.16. The van der Waals surface area contributed by atoms with Crippen molar-refractivity contribution in [3.8, 4) is 0 Å². The molecule has 6 rings (SSSR count). The maximum Gasteiger partial charge on any atom is 0.229 e. The molecule has 0 unspecified atom stereocenters. The van der Waals surface area contributed by atoms with Gasteiger partial charge in [0.15, 0.2) is 5.16 Å². The molecule has 2 saturated carbocycles. The third-order valence-electron chi connectivity index (χ3n) is 6.57. The number of hydrogen-bond acceptors (Lipinski definition) is 6. The number of carbonyl (C=O) groups is 1. The number of halogens is 1. The Balaban J connectivity index is 1.12. The number of imidazole rings is 1. The van der Waals surface area contributed by atoms with Gasteiger partial charge >= 0.3 is 0 Å². The SMILES string of the molecule is CSc1nc(NCc2cn3cc(C4CC4)ccc3n2)cc(NC(=O)[C@@H]2C[C@H]2c2cccc(Cl)c2)n1. The van der Waals surface area contributed by atoms with E-state index in [4.69, 9.17) is 16.6 Å². The molecule has 2 atom stereocenters. The Morgan fingerprint density at radius 1 is 1.09 bits per heavy atom. The van der Waals surface area contributed by atoms with Crippen LogP contribution in [-0.2, 0) is 11.3 Å². The smallest absolute Gasteiger partial charge is 0.229 e. The number of amides is 1. The maximum absolute atomic E-state index is 12.9. The summed E-state index contributed by atoms with van der Waals surface area (Å²) in [6, 6.07) is 13.8. The van der Waals surface area contributed by atoms with Crippen LogP contribution in [0.15, 0.2) is 60.0 Å². The van der Waals surface area contributed by atoms with Crippen LogP contribution in [0.25, 0.3) is 5.65 Å². The highest BCUT2D eigenvalue weighted by Gasteiger charge is 2.44. The van der Waals surface area contributed by atoms with E-state index in [0.29, 0.717) is 34.3 Å². The van der Waals surface area contributed by atoms with Crippen LogP contribution < -0.4 is 10.6 Å². The largest absolute Gasteiger partial charge is 0.364 e. The zero-order valence-electron chi connectivity index (χ0n) is 19.2. The van der Waals surface area contributed by atoms with E-state index in [1.165, 1.54) is 30.2 Å². The van der Waals surface area contributed by atoms with E-state index in [1.807, 2.05) is 30.5 Å². The molecular formula is C26H25ClN6OS. The molecule has 4 aromatic rings. The Morgan fingerprint density at radius 3 is 2.74 bits per heavy atom. The highest BCUT2D eigenvalue weighted by molar-refractivity contribution is 7.98. The molecule has 9 heteroatoms. The summed E-state index contributed by atoms with van der Waals surface area (Å²) in [7, 11) is 0. The van der Waals surface area contributed by atoms with Crippen LogP contribution in [0.4, 0.5) is 11.6 Å². The minimum absolute atomic E-state index is 0.0292. The van der Waals surface area contributed by atoms with E-state index in [9.17, 15) is 4.79 Å². The van der Waals surface area contributed by atoms with E-state index in [-0.39, 0.29) is 17.7 Å². The van der Waals surface area contributed by atoms with Crippen molar-refractivity contribution < 1.29 is 4.79 Å². The standard InChI is InChI=1S/C26H25ClN6OS/c1-35-26-31-22(28-12-19-14-33-13-17(15-5-6-15)7-8-24(33)29-19)11-23(32-26)30-25(34)21-10-20(21)16-3-2-4-18(27)9-16/h2-4,7-9,11,13-15,20-21H,5-6,10,12H2,1H3,(H2,28,30,31,32,34)/t20-,21+/m0/s1. The monoisotopic (exact) mass is 504 g/mol. The van der Waals surface area contributed by atoms with Crippen molar-refractivity contribution in [1.82, 2.24) is 19.4 Å². The number of aromatic nitrogens is 4. The Hall–Kier alpha value is -3.10. The fourth-order valence-corrected chi connectivity index (χ4v) is 5.04. The highest BCUT2D eigenvalue weighted by Crippen LogP contribution is 2.48. The van der Waals surface area contributed by atoms with E-state index in [1.54, 1.807) is 6.07 Å². The van der Waals surface area contributed by atoms with E-state index in [0.717, 1.165) is 23.3 Å².